The number of methoxy groups -OCH3 is 1. The molecule has 0 spiro atoms. The van der Waals surface area contributed by atoms with Crippen LogP contribution in [-0.4, -0.2) is 55.5 Å². The Morgan fingerprint density at radius 3 is 2.43 bits per heavy atom. The number of halogens is 3. The number of alkyl halides is 3. The summed E-state index contributed by atoms with van der Waals surface area (Å²) >= 11 is 0. The minimum atomic E-state index is -4.46. The van der Waals surface area contributed by atoms with Crippen LogP contribution in [0.5, 0.6) is 0 Å². The quantitative estimate of drug-likeness (QED) is 0.703. The van der Waals surface area contributed by atoms with Crippen LogP contribution in [0.3, 0.4) is 0 Å². The zero-order chi connectivity index (χ0) is 11.2. The summed E-state index contributed by atoms with van der Waals surface area (Å²) in [6, 6.07) is 0. The molecule has 0 fully saturated rings. The number of nitrogens with zero attached hydrogens (tertiary/aromatic N) is 1. The number of aliphatic hydroxyl groups excluding tert-OH is 1. The highest BCUT2D eigenvalue weighted by molar-refractivity contribution is 5.77. The minimum Gasteiger partial charge on any atom is -0.395 e. The Labute approximate surface area is 79.3 Å². The molecule has 0 atom stereocenters. The molecule has 0 aliphatic heterocycles. The van der Waals surface area contributed by atoms with Crippen molar-refractivity contribution >= 4 is 5.91 Å². The van der Waals surface area contributed by atoms with Gasteiger partial charge >= 0.3 is 6.18 Å². The second-order valence-electron chi connectivity index (χ2n) is 2.59. The van der Waals surface area contributed by atoms with Gasteiger partial charge in [0.2, 0.25) is 5.91 Å². The van der Waals surface area contributed by atoms with E-state index in [-0.39, 0.29) is 6.54 Å². The van der Waals surface area contributed by atoms with Gasteiger partial charge in [0, 0.05) is 13.7 Å². The van der Waals surface area contributed by atoms with Gasteiger partial charge in [0.25, 0.3) is 0 Å². The number of ether oxygens (including phenoxy) is 1. The van der Waals surface area contributed by atoms with E-state index < -0.39 is 31.8 Å². The Bertz CT molecular complexity index is 184. The Morgan fingerprint density at radius 2 is 2.07 bits per heavy atom. The Kier molecular flexibility index (Phi) is 5.47. The van der Waals surface area contributed by atoms with Gasteiger partial charge in [-0.05, 0) is 0 Å². The molecule has 0 saturated heterocycles. The van der Waals surface area contributed by atoms with Crippen LogP contribution in [-0.2, 0) is 9.53 Å². The summed E-state index contributed by atoms with van der Waals surface area (Å²) in [5.74, 6) is -0.793. The molecule has 7 heteroatoms. The predicted octanol–water partition coefficient (Wildman–Crippen LogP) is 0.0160. The molecule has 0 aliphatic carbocycles. The third-order valence-electron chi connectivity index (χ3n) is 1.36. The van der Waals surface area contributed by atoms with Crippen molar-refractivity contribution in [3.63, 3.8) is 0 Å². The molecule has 0 aliphatic rings. The molecular formula is C7H12F3NO3. The standard InChI is InChI=1S/C7H12F3NO3/c1-14-4-6(13)11(2-3-12)5-7(8,9)10/h12H,2-5H2,1H3. The third kappa shape index (κ3) is 5.76. The lowest BCUT2D eigenvalue weighted by Gasteiger charge is -2.22. The molecule has 0 radical (unpaired) electrons. The van der Waals surface area contributed by atoms with Gasteiger partial charge in [-0.15, -0.1) is 0 Å². The lowest BCUT2D eigenvalue weighted by molar-refractivity contribution is -0.164. The minimum absolute atomic E-state index is 0.346. The SMILES string of the molecule is COCC(=O)N(CCO)CC(F)(F)F. The van der Waals surface area contributed by atoms with E-state index in [1.807, 2.05) is 0 Å². The van der Waals surface area contributed by atoms with Gasteiger partial charge in [0.05, 0.1) is 6.61 Å². The molecule has 0 aromatic rings. The summed E-state index contributed by atoms with van der Waals surface area (Å²) in [5.41, 5.74) is 0. The molecule has 0 heterocycles. The van der Waals surface area contributed by atoms with Gasteiger partial charge in [0.15, 0.2) is 0 Å². The molecule has 1 amide bonds. The van der Waals surface area contributed by atoms with Crippen LogP contribution in [0.1, 0.15) is 0 Å². The van der Waals surface area contributed by atoms with Crippen LogP contribution in [0.25, 0.3) is 0 Å². The lowest BCUT2D eigenvalue weighted by Crippen LogP contribution is -2.42. The van der Waals surface area contributed by atoms with Crippen LogP contribution in [0.4, 0.5) is 13.2 Å². The first kappa shape index (κ1) is 13.2. The maximum Gasteiger partial charge on any atom is 0.406 e. The Hall–Kier alpha value is -0.820. The molecule has 4 nitrogen and oxygen atoms in total. The van der Waals surface area contributed by atoms with Gasteiger partial charge in [-0.1, -0.05) is 0 Å². The number of aliphatic hydroxyl groups is 1. The van der Waals surface area contributed by atoms with E-state index in [1.165, 1.54) is 7.11 Å². The van der Waals surface area contributed by atoms with Crippen molar-refractivity contribution in [3.05, 3.63) is 0 Å². The summed E-state index contributed by atoms with van der Waals surface area (Å²) in [6.07, 6.45) is -4.46. The maximum atomic E-state index is 11.9. The van der Waals surface area contributed by atoms with Gasteiger partial charge in [-0.3, -0.25) is 4.79 Å². The van der Waals surface area contributed by atoms with Crippen molar-refractivity contribution in [1.29, 1.82) is 0 Å². The van der Waals surface area contributed by atoms with Gasteiger partial charge in [0.1, 0.15) is 13.2 Å². The molecule has 0 aromatic heterocycles. The second kappa shape index (κ2) is 5.82. The molecule has 0 aromatic carbocycles. The van der Waals surface area contributed by atoms with E-state index in [2.05, 4.69) is 4.74 Å². The monoisotopic (exact) mass is 215 g/mol. The Balaban J connectivity index is 4.21. The highest BCUT2D eigenvalue weighted by atomic mass is 19.4. The fourth-order valence-electron chi connectivity index (χ4n) is 0.844. The van der Waals surface area contributed by atoms with E-state index in [4.69, 9.17) is 5.11 Å². The zero-order valence-corrected chi connectivity index (χ0v) is 7.67. The van der Waals surface area contributed by atoms with Crippen LogP contribution in [0, 0.1) is 0 Å². The largest absolute Gasteiger partial charge is 0.406 e. The van der Waals surface area contributed by atoms with Gasteiger partial charge < -0.3 is 14.7 Å². The topological polar surface area (TPSA) is 49.8 Å². The van der Waals surface area contributed by atoms with Crippen molar-refractivity contribution in [2.45, 2.75) is 6.18 Å². The first-order valence-corrected chi connectivity index (χ1v) is 3.85. The maximum absolute atomic E-state index is 11.9. The summed E-state index contributed by atoms with van der Waals surface area (Å²) in [7, 11) is 1.21. The summed E-state index contributed by atoms with van der Waals surface area (Å²) < 4.78 is 40.1. The number of carbonyl (C=O) groups excluding carboxylic acids is 1. The second-order valence-corrected chi connectivity index (χ2v) is 2.59. The lowest BCUT2D eigenvalue weighted by atomic mass is 10.4. The summed E-state index contributed by atoms with van der Waals surface area (Å²) in [6.45, 7) is -2.64. The van der Waals surface area contributed by atoms with Crippen molar-refractivity contribution in [1.82, 2.24) is 4.90 Å². The summed E-state index contributed by atoms with van der Waals surface area (Å²) in [5, 5.41) is 8.45. The van der Waals surface area contributed by atoms with Crippen molar-refractivity contribution in [2.24, 2.45) is 0 Å². The van der Waals surface area contributed by atoms with E-state index >= 15 is 0 Å². The van der Waals surface area contributed by atoms with E-state index in [9.17, 15) is 18.0 Å². The van der Waals surface area contributed by atoms with Gasteiger partial charge in [-0.2, -0.15) is 13.2 Å². The van der Waals surface area contributed by atoms with Crippen molar-refractivity contribution < 1.29 is 27.8 Å². The van der Waals surface area contributed by atoms with E-state index in [1.54, 1.807) is 0 Å². The Morgan fingerprint density at radius 1 is 1.50 bits per heavy atom. The first-order valence-electron chi connectivity index (χ1n) is 3.85. The zero-order valence-electron chi connectivity index (χ0n) is 7.67. The van der Waals surface area contributed by atoms with Gasteiger partial charge in [-0.25, -0.2) is 0 Å². The predicted molar refractivity (Wildman–Crippen MR) is 41.6 cm³/mol. The van der Waals surface area contributed by atoms with E-state index in [0.29, 0.717) is 4.90 Å². The normalized spacial score (nSPS) is 11.5. The molecule has 1 N–H and O–H groups in total. The molecule has 84 valence electrons. The molecule has 0 unspecified atom stereocenters. The number of carbonyl (C=O) groups is 1. The average Bonchev–Trinajstić information content (AvgIpc) is 2.01. The fourth-order valence-corrected chi connectivity index (χ4v) is 0.844. The summed E-state index contributed by atoms with van der Waals surface area (Å²) in [4.78, 5) is 11.5. The van der Waals surface area contributed by atoms with Crippen LogP contribution in [0.15, 0.2) is 0 Å². The highest BCUT2D eigenvalue weighted by Crippen LogP contribution is 2.16. The number of hydrogen-bond donors (Lipinski definition) is 1. The smallest absolute Gasteiger partial charge is 0.395 e. The van der Waals surface area contributed by atoms with E-state index in [0.717, 1.165) is 0 Å². The number of hydrogen-bond acceptors (Lipinski definition) is 3. The van der Waals surface area contributed by atoms with Crippen LogP contribution in [0.2, 0.25) is 0 Å². The molecule has 0 rings (SSSR count). The molecule has 14 heavy (non-hydrogen) atoms. The molecule has 0 bridgehead atoms. The first-order chi connectivity index (χ1) is 6.40. The van der Waals surface area contributed by atoms with Crippen molar-refractivity contribution in [3.8, 4) is 0 Å². The molecular weight excluding hydrogens is 203 g/mol. The van der Waals surface area contributed by atoms with Crippen LogP contribution < -0.4 is 0 Å². The van der Waals surface area contributed by atoms with Crippen LogP contribution >= 0.6 is 0 Å². The van der Waals surface area contributed by atoms with Crippen molar-refractivity contribution in [2.75, 3.05) is 33.4 Å². The average molecular weight is 215 g/mol. The third-order valence-corrected chi connectivity index (χ3v) is 1.36. The number of rotatable bonds is 5. The fraction of sp³-hybridized carbons (Fsp3) is 0.857. The molecule has 0 saturated carbocycles. The number of amides is 1. The highest BCUT2D eigenvalue weighted by Gasteiger charge is 2.32.